The van der Waals surface area contributed by atoms with Gasteiger partial charge in [0.05, 0.1) is 24.9 Å². The van der Waals surface area contributed by atoms with Crippen molar-refractivity contribution in [1.82, 2.24) is 5.32 Å². The van der Waals surface area contributed by atoms with Gasteiger partial charge < -0.3 is 19.7 Å². The maximum Gasteiger partial charge on any atom is 0.265 e. The van der Waals surface area contributed by atoms with Crippen molar-refractivity contribution in [2.24, 2.45) is 0 Å². The summed E-state index contributed by atoms with van der Waals surface area (Å²) >= 11 is 6.00. The van der Waals surface area contributed by atoms with Crippen molar-refractivity contribution in [2.45, 2.75) is 6.10 Å². The fourth-order valence-electron chi connectivity index (χ4n) is 2.32. The molecule has 1 N–H and O–H groups in total. The second-order valence-corrected chi connectivity index (χ2v) is 5.04. The van der Waals surface area contributed by atoms with Gasteiger partial charge in [0, 0.05) is 18.1 Å². The van der Waals surface area contributed by atoms with E-state index in [-0.39, 0.29) is 18.6 Å². The van der Waals surface area contributed by atoms with Crippen molar-refractivity contribution < 1.29 is 14.3 Å². The van der Waals surface area contributed by atoms with Crippen LogP contribution in [0.2, 0.25) is 5.02 Å². The molecule has 19 heavy (non-hydrogen) atoms. The maximum absolute atomic E-state index is 12.0. The number of hydrogen-bond donors (Lipinski definition) is 1. The zero-order valence-corrected chi connectivity index (χ0v) is 11.2. The van der Waals surface area contributed by atoms with Crippen LogP contribution in [-0.4, -0.2) is 44.9 Å². The first-order valence-corrected chi connectivity index (χ1v) is 6.67. The van der Waals surface area contributed by atoms with Gasteiger partial charge in [0.25, 0.3) is 5.91 Å². The third-order valence-corrected chi connectivity index (χ3v) is 3.49. The lowest BCUT2D eigenvalue weighted by molar-refractivity contribution is -0.121. The van der Waals surface area contributed by atoms with Crippen LogP contribution in [0.1, 0.15) is 0 Å². The van der Waals surface area contributed by atoms with E-state index in [1.165, 1.54) is 0 Å². The monoisotopic (exact) mass is 282 g/mol. The van der Waals surface area contributed by atoms with Crippen LogP contribution in [0.15, 0.2) is 18.2 Å². The molecule has 5 nitrogen and oxygen atoms in total. The first-order valence-electron chi connectivity index (χ1n) is 6.29. The summed E-state index contributed by atoms with van der Waals surface area (Å²) in [6.45, 7) is 2.86. The van der Waals surface area contributed by atoms with Crippen molar-refractivity contribution in [3.05, 3.63) is 23.2 Å². The van der Waals surface area contributed by atoms with Gasteiger partial charge >= 0.3 is 0 Å². The molecule has 3 rings (SSSR count). The third-order valence-electron chi connectivity index (χ3n) is 3.25. The van der Waals surface area contributed by atoms with E-state index in [1.54, 1.807) is 23.1 Å². The van der Waals surface area contributed by atoms with Crippen molar-refractivity contribution in [1.29, 1.82) is 0 Å². The number of halogens is 1. The Kier molecular flexibility index (Phi) is 3.59. The highest BCUT2D eigenvalue weighted by Gasteiger charge is 2.28. The van der Waals surface area contributed by atoms with E-state index >= 15 is 0 Å². The summed E-state index contributed by atoms with van der Waals surface area (Å²) in [7, 11) is 0. The minimum absolute atomic E-state index is 0.00244. The highest BCUT2D eigenvalue weighted by atomic mass is 35.5. The van der Waals surface area contributed by atoms with E-state index in [9.17, 15) is 4.79 Å². The lowest BCUT2D eigenvalue weighted by atomic mass is 10.2. The molecule has 0 spiro atoms. The molecule has 0 aliphatic carbocycles. The van der Waals surface area contributed by atoms with Gasteiger partial charge in [0.1, 0.15) is 5.75 Å². The van der Waals surface area contributed by atoms with E-state index in [4.69, 9.17) is 21.1 Å². The average molecular weight is 283 g/mol. The molecular weight excluding hydrogens is 268 g/mol. The van der Waals surface area contributed by atoms with Gasteiger partial charge in [-0.1, -0.05) is 11.6 Å². The first kappa shape index (κ1) is 12.7. The molecule has 0 bridgehead atoms. The van der Waals surface area contributed by atoms with Crippen LogP contribution in [0, 0.1) is 0 Å². The van der Waals surface area contributed by atoms with Gasteiger partial charge in [-0.15, -0.1) is 0 Å². The van der Waals surface area contributed by atoms with E-state index in [1.807, 2.05) is 0 Å². The van der Waals surface area contributed by atoms with E-state index in [2.05, 4.69) is 5.32 Å². The molecule has 1 fully saturated rings. The molecule has 0 aromatic heterocycles. The number of nitrogens with zero attached hydrogens (tertiary/aromatic N) is 1. The number of morpholine rings is 1. The van der Waals surface area contributed by atoms with E-state index in [0.717, 1.165) is 18.8 Å². The number of carbonyl (C=O) groups excluding carboxylic acids is 1. The summed E-state index contributed by atoms with van der Waals surface area (Å²) in [5, 5.41) is 3.84. The smallest absolute Gasteiger partial charge is 0.265 e. The Hall–Kier alpha value is -1.30. The Balaban J connectivity index is 1.83. The Labute approximate surface area is 116 Å². The van der Waals surface area contributed by atoms with Crippen LogP contribution in [0.4, 0.5) is 5.69 Å². The zero-order chi connectivity index (χ0) is 13.2. The Morgan fingerprint density at radius 1 is 1.47 bits per heavy atom. The number of carbonyl (C=O) groups is 1. The predicted molar refractivity (Wildman–Crippen MR) is 71.9 cm³/mol. The van der Waals surface area contributed by atoms with Gasteiger partial charge in [-0.3, -0.25) is 4.79 Å². The fourth-order valence-corrected chi connectivity index (χ4v) is 2.48. The van der Waals surface area contributed by atoms with Crippen molar-refractivity contribution >= 4 is 23.2 Å². The standard InChI is InChI=1S/C13H15ClN2O3/c14-9-1-2-12-11(5-9)16(13(17)8-19-12)7-10-6-15-3-4-18-10/h1-2,5,10,15H,3-4,6-8H2. The molecule has 2 aliphatic heterocycles. The summed E-state index contributed by atoms with van der Waals surface area (Å²) in [4.78, 5) is 13.7. The average Bonchev–Trinajstić information content (AvgIpc) is 2.43. The normalized spacial score (nSPS) is 22.9. The Bertz CT molecular complexity index is 489. The van der Waals surface area contributed by atoms with Crippen LogP contribution >= 0.6 is 11.6 Å². The number of nitrogens with one attached hydrogen (secondary N) is 1. The molecule has 6 heteroatoms. The summed E-state index contributed by atoms with van der Waals surface area (Å²) in [6, 6.07) is 5.30. The van der Waals surface area contributed by atoms with Gasteiger partial charge in [0.15, 0.2) is 6.61 Å². The lowest BCUT2D eigenvalue weighted by Crippen LogP contribution is -2.49. The summed E-state index contributed by atoms with van der Waals surface area (Å²) < 4.78 is 11.0. The minimum atomic E-state index is -0.0658. The highest BCUT2D eigenvalue weighted by molar-refractivity contribution is 6.31. The first-order chi connectivity index (χ1) is 9.24. The molecule has 1 aromatic rings. The van der Waals surface area contributed by atoms with Gasteiger partial charge in [-0.25, -0.2) is 0 Å². The SMILES string of the molecule is O=C1COc2ccc(Cl)cc2N1CC1CNCCO1. The molecule has 0 radical (unpaired) electrons. The molecule has 1 atom stereocenters. The summed E-state index contributed by atoms with van der Waals surface area (Å²) in [5.74, 6) is 0.622. The van der Waals surface area contributed by atoms with Crippen LogP contribution in [0.25, 0.3) is 0 Å². The largest absolute Gasteiger partial charge is 0.482 e. The Morgan fingerprint density at radius 2 is 2.37 bits per heavy atom. The van der Waals surface area contributed by atoms with Crippen LogP contribution in [0.3, 0.4) is 0 Å². The van der Waals surface area contributed by atoms with Crippen LogP contribution in [0.5, 0.6) is 5.75 Å². The number of benzene rings is 1. The molecule has 102 valence electrons. The molecular formula is C13H15ClN2O3. The molecule has 2 heterocycles. The second kappa shape index (κ2) is 5.36. The van der Waals surface area contributed by atoms with E-state index < -0.39 is 0 Å². The van der Waals surface area contributed by atoms with E-state index in [0.29, 0.717) is 23.9 Å². The van der Waals surface area contributed by atoms with Gasteiger partial charge in [0.2, 0.25) is 0 Å². The van der Waals surface area contributed by atoms with Gasteiger partial charge in [-0.05, 0) is 18.2 Å². The van der Waals surface area contributed by atoms with Crippen LogP contribution < -0.4 is 15.0 Å². The number of fused-ring (bicyclic) bond motifs is 1. The minimum Gasteiger partial charge on any atom is -0.482 e. The number of hydrogen-bond acceptors (Lipinski definition) is 4. The fraction of sp³-hybridized carbons (Fsp3) is 0.462. The van der Waals surface area contributed by atoms with Crippen LogP contribution in [-0.2, 0) is 9.53 Å². The zero-order valence-electron chi connectivity index (χ0n) is 10.4. The number of rotatable bonds is 2. The van der Waals surface area contributed by atoms with Gasteiger partial charge in [-0.2, -0.15) is 0 Å². The summed E-state index contributed by atoms with van der Waals surface area (Å²) in [5.41, 5.74) is 0.720. The number of ether oxygens (including phenoxy) is 2. The number of amides is 1. The third kappa shape index (κ3) is 2.68. The Morgan fingerprint density at radius 3 is 3.16 bits per heavy atom. The molecule has 0 saturated carbocycles. The quantitative estimate of drug-likeness (QED) is 0.881. The van der Waals surface area contributed by atoms with Crippen molar-refractivity contribution in [2.75, 3.05) is 37.7 Å². The van der Waals surface area contributed by atoms with Crippen molar-refractivity contribution in [3.8, 4) is 5.75 Å². The topological polar surface area (TPSA) is 50.8 Å². The van der Waals surface area contributed by atoms with Crippen molar-refractivity contribution in [3.63, 3.8) is 0 Å². The molecule has 1 aromatic carbocycles. The summed E-state index contributed by atoms with van der Waals surface area (Å²) in [6.07, 6.45) is 0.00244. The maximum atomic E-state index is 12.0. The molecule has 1 saturated heterocycles. The molecule has 1 unspecified atom stereocenters. The lowest BCUT2D eigenvalue weighted by Gasteiger charge is -2.33. The molecule has 2 aliphatic rings. The molecule has 1 amide bonds. The second-order valence-electron chi connectivity index (χ2n) is 4.60. The number of anilines is 1. The predicted octanol–water partition coefficient (Wildman–Crippen LogP) is 1.05. The highest BCUT2D eigenvalue weighted by Crippen LogP contribution is 2.34.